The van der Waals surface area contributed by atoms with Gasteiger partial charge >= 0.3 is 210 Å². The van der Waals surface area contributed by atoms with Gasteiger partial charge < -0.3 is 0 Å². The van der Waals surface area contributed by atoms with E-state index in [0.29, 0.717) is 0 Å². The minimum atomic E-state index is -2.65. The van der Waals surface area contributed by atoms with E-state index in [1.807, 2.05) is 0 Å². The van der Waals surface area contributed by atoms with E-state index in [2.05, 4.69) is 147 Å². The van der Waals surface area contributed by atoms with Crippen LogP contribution in [-0.2, 0) is 5.41 Å². The third-order valence-electron chi connectivity index (χ3n) is 6.29. The Morgan fingerprint density at radius 3 is 1.35 bits per heavy atom. The average molecular weight is 525 g/mol. The van der Waals surface area contributed by atoms with Crippen LogP contribution in [0, 0.1) is 0 Å². The average Bonchev–Trinajstić information content (AvgIpc) is 2.81. The monoisotopic (exact) mass is 526 g/mol. The molecule has 0 radical (unpaired) electrons. The molecule has 0 fully saturated rings. The van der Waals surface area contributed by atoms with Gasteiger partial charge in [0.25, 0.3) is 0 Å². The molecule has 1 nitrogen and oxygen atoms in total. The predicted octanol–water partition coefficient (Wildman–Crippen LogP) is 5.58. The molecule has 0 saturated heterocycles. The van der Waals surface area contributed by atoms with Crippen LogP contribution in [0.15, 0.2) is 109 Å². The molecule has 0 aliphatic carbocycles. The molecule has 0 bridgehead atoms. The molecule has 3 heteroatoms. The van der Waals surface area contributed by atoms with Crippen molar-refractivity contribution in [2.24, 2.45) is 0 Å². The van der Waals surface area contributed by atoms with Crippen molar-refractivity contribution >= 4 is 42.4 Å². The van der Waals surface area contributed by atoms with Crippen LogP contribution in [0.1, 0.15) is 26.3 Å². The maximum absolute atomic E-state index is 6.89. The van der Waals surface area contributed by atoms with Crippen molar-refractivity contribution in [2.75, 3.05) is 0 Å². The Balaban J connectivity index is 2.19. The Morgan fingerprint density at radius 1 is 0.588 bits per heavy atom. The van der Waals surface area contributed by atoms with Crippen LogP contribution in [0.25, 0.3) is 0 Å². The Labute approximate surface area is 209 Å². The van der Waals surface area contributed by atoms with E-state index in [9.17, 15) is 0 Å². The summed E-state index contributed by atoms with van der Waals surface area (Å²) in [4.78, 5) is 0. The van der Waals surface area contributed by atoms with E-state index in [1.165, 1.54) is 26.3 Å². The quantitative estimate of drug-likeness (QED) is 0.236. The Hall–Kier alpha value is -2.56. The molecule has 0 saturated carbocycles. The standard InChI is InChI=1S/C31H36GeOSi/c1-31(2,3)25-22-23-29(33-32(4,5)6)30(24-25)34(26-16-10-7-11-17-26,27-18-12-8-13-19-27)28-20-14-9-15-21-28/h7-24H,1-6H3. The van der Waals surface area contributed by atoms with Crippen LogP contribution in [0.5, 0.6) is 5.75 Å². The molecular formula is C31H36GeOSi. The molecule has 4 aromatic carbocycles. The van der Waals surface area contributed by atoms with Gasteiger partial charge in [-0.05, 0) is 0 Å². The molecule has 0 N–H and O–H groups in total. The van der Waals surface area contributed by atoms with Gasteiger partial charge in [0.15, 0.2) is 0 Å². The summed E-state index contributed by atoms with van der Waals surface area (Å²) in [7, 11) is -2.65. The van der Waals surface area contributed by atoms with Gasteiger partial charge in [-0.25, -0.2) is 0 Å². The van der Waals surface area contributed by atoms with Crippen LogP contribution in [0.3, 0.4) is 0 Å². The fourth-order valence-corrected chi connectivity index (χ4v) is 11.6. The molecule has 0 aromatic heterocycles. The number of hydrogen-bond donors (Lipinski definition) is 0. The molecule has 174 valence electrons. The molecular weight excluding hydrogens is 489 g/mol. The van der Waals surface area contributed by atoms with E-state index in [0.717, 1.165) is 5.75 Å². The molecule has 34 heavy (non-hydrogen) atoms. The van der Waals surface area contributed by atoms with Gasteiger partial charge in [0.05, 0.1) is 0 Å². The van der Waals surface area contributed by atoms with E-state index in [1.54, 1.807) is 0 Å². The predicted molar refractivity (Wildman–Crippen MR) is 153 cm³/mol. The van der Waals surface area contributed by atoms with Crippen molar-refractivity contribution in [3.8, 4) is 5.75 Å². The Bertz CT molecular complexity index is 1130. The second kappa shape index (κ2) is 9.59. The summed E-state index contributed by atoms with van der Waals surface area (Å²) >= 11 is -2.39. The molecule has 0 amide bonds. The van der Waals surface area contributed by atoms with Gasteiger partial charge in [-0.3, -0.25) is 0 Å². The van der Waals surface area contributed by atoms with Crippen molar-refractivity contribution in [2.45, 2.75) is 43.5 Å². The molecule has 4 rings (SSSR count). The van der Waals surface area contributed by atoms with Crippen molar-refractivity contribution in [1.82, 2.24) is 0 Å². The zero-order valence-electron chi connectivity index (χ0n) is 21.3. The van der Waals surface area contributed by atoms with Crippen molar-refractivity contribution in [3.05, 3.63) is 115 Å². The Kier molecular flexibility index (Phi) is 6.93. The maximum atomic E-state index is 6.89. The van der Waals surface area contributed by atoms with E-state index >= 15 is 0 Å². The summed E-state index contributed by atoms with van der Waals surface area (Å²) in [5, 5.41) is 5.49. The first-order valence-electron chi connectivity index (χ1n) is 12.1. The van der Waals surface area contributed by atoms with Crippen LogP contribution in [0.2, 0.25) is 17.3 Å². The summed E-state index contributed by atoms with van der Waals surface area (Å²) in [6.07, 6.45) is 0. The molecule has 0 heterocycles. The number of hydrogen-bond acceptors (Lipinski definition) is 1. The van der Waals surface area contributed by atoms with E-state index in [4.69, 9.17) is 3.76 Å². The second-order valence-corrected chi connectivity index (χ2v) is 24.1. The SMILES string of the molecule is CC(C)(C)c1ccc([O][Ge]([CH3])([CH3])[CH3])c([Si](c2ccccc2)(c2ccccc2)c2ccccc2)c1. The number of rotatable bonds is 6. The zero-order chi connectivity index (χ0) is 24.4. The van der Waals surface area contributed by atoms with Crippen LogP contribution < -0.4 is 24.5 Å². The van der Waals surface area contributed by atoms with Gasteiger partial charge in [-0.1, -0.05) is 0 Å². The first-order valence-corrected chi connectivity index (χ1v) is 21.3. The second-order valence-electron chi connectivity index (χ2n) is 11.0. The molecule has 0 aliphatic rings. The van der Waals surface area contributed by atoms with Crippen LogP contribution >= 0.6 is 0 Å². The summed E-state index contributed by atoms with van der Waals surface area (Å²) in [6.45, 7) is 6.89. The van der Waals surface area contributed by atoms with E-state index < -0.39 is 21.7 Å². The summed E-state index contributed by atoms with van der Waals surface area (Å²) in [5.41, 5.74) is 1.39. The summed E-state index contributed by atoms with van der Waals surface area (Å²) < 4.78 is 6.89. The molecule has 4 aromatic rings. The first kappa shape index (κ1) is 24.6. The fourth-order valence-electron chi connectivity index (χ4n) is 4.74. The van der Waals surface area contributed by atoms with Crippen molar-refractivity contribution < 1.29 is 3.76 Å². The van der Waals surface area contributed by atoms with Crippen LogP contribution in [-0.4, -0.2) is 21.7 Å². The van der Waals surface area contributed by atoms with Crippen LogP contribution in [0.4, 0.5) is 0 Å². The van der Waals surface area contributed by atoms with E-state index in [-0.39, 0.29) is 5.41 Å². The van der Waals surface area contributed by atoms with Crippen molar-refractivity contribution in [3.63, 3.8) is 0 Å². The molecule has 0 aliphatic heterocycles. The Morgan fingerprint density at radius 2 is 1.00 bits per heavy atom. The third-order valence-corrected chi connectivity index (χ3v) is 12.8. The van der Waals surface area contributed by atoms with Gasteiger partial charge in [0.1, 0.15) is 0 Å². The zero-order valence-corrected chi connectivity index (χ0v) is 24.4. The van der Waals surface area contributed by atoms with Gasteiger partial charge in [0, 0.05) is 0 Å². The number of benzene rings is 4. The van der Waals surface area contributed by atoms with Gasteiger partial charge in [-0.2, -0.15) is 0 Å². The molecule has 0 unspecified atom stereocenters. The fraction of sp³-hybridized carbons (Fsp3) is 0.226. The normalized spacial score (nSPS) is 12.4. The molecule has 0 atom stereocenters. The minimum absolute atomic E-state index is 0.0423. The molecule has 0 spiro atoms. The first-order chi connectivity index (χ1) is 16.1. The topological polar surface area (TPSA) is 9.23 Å². The van der Waals surface area contributed by atoms with Crippen molar-refractivity contribution in [1.29, 1.82) is 0 Å². The summed E-state index contributed by atoms with van der Waals surface area (Å²) in [5.74, 6) is 8.01. The van der Waals surface area contributed by atoms with Gasteiger partial charge in [0.2, 0.25) is 0 Å². The summed E-state index contributed by atoms with van der Waals surface area (Å²) in [6, 6.07) is 40.3. The van der Waals surface area contributed by atoms with Gasteiger partial charge in [-0.15, -0.1) is 0 Å². The third kappa shape index (κ3) is 4.94.